The van der Waals surface area contributed by atoms with E-state index in [1.54, 1.807) is 5.56 Å². The average molecular weight is 309 g/mol. The molecule has 0 nitrogen and oxygen atoms in total. The first-order chi connectivity index (χ1) is 8.69. The van der Waals surface area contributed by atoms with Gasteiger partial charge >= 0.3 is 0 Å². The van der Waals surface area contributed by atoms with Crippen LogP contribution in [0.25, 0.3) is 0 Å². The molecule has 1 aromatic carbocycles. The molecule has 1 aromatic rings. The Morgan fingerprint density at radius 2 is 1.72 bits per heavy atom. The molecular weight excluding hydrogens is 284 g/mol. The number of hydrogen-bond donors (Lipinski definition) is 0. The second-order valence-corrected chi connectivity index (χ2v) is 6.83. The number of rotatable bonds is 4. The van der Waals surface area contributed by atoms with E-state index in [2.05, 4.69) is 54.0 Å². The fourth-order valence-corrected chi connectivity index (χ4v) is 4.00. The van der Waals surface area contributed by atoms with Crippen LogP contribution in [0.2, 0.25) is 0 Å². The zero-order valence-electron chi connectivity index (χ0n) is 11.7. The smallest absolute Gasteiger partial charge is 0.0175 e. The zero-order valence-corrected chi connectivity index (χ0v) is 13.3. The molecule has 0 aliphatic heterocycles. The Morgan fingerprint density at radius 1 is 1.11 bits per heavy atom. The summed E-state index contributed by atoms with van der Waals surface area (Å²) >= 11 is 3.55. The van der Waals surface area contributed by atoms with Gasteiger partial charge in [-0.2, -0.15) is 0 Å². The maximum absolute atomic E-state index is 3.55. The van der Waals surface area contributed by atoms with Crippen LogP contribution in [0.3, 0.4) is 0 Å². The van der Waals surface area contributed by atoms with Gasteiger partial charge in [-0.1, -0.05) is 74.0 Å². The third-order valence-electron chi connectivity index (χ3n) is 4.83. The van der Waals surface area contributed by atoms with Crippen molar-refractivity contribution in [1.82, 2.24) is 0 Å². The molecule has 1 unspecified atom stereocenters. The Kier molecular flexibility index (Phi) is 4.89. The van der Waals surface area contributed by atoms with Gasteiger partial charge in [0.2, 0.25) is 0 Å². The molecule has 0 heterocycles. The van der Waals surface area contributed by atoms with Gasteiger partial charge < -0.3 is 0 Å². The van der Waals surface area contributed by atoms with Crippen LogP contribution in [0, 0.1) is 5.92 Å². The lowest BCUT2D eigenvalue weighted by Gasteiger charge is -2.43. The van der Waals surface area contributed by atoms with E-state index >= 15 is 0 Å². The first-order valence-corrected chi connectivity index (χ1v) is 8.24. The first kappa shape index (κ1) is 14.1. The second-order valence-electron chi connectivity index (χ2n) is 5.91. The molecule has 0 N–H and O–H groups in total. The van der Waals surface area contributed by atoms with E-state index < -0.39 is 0 Å². The zero-order chi connectivity index (χ0) is 13.0. The monoisotopic (exact) mass is 308 g/mol. The molecule has 1 aliphatic carbocycles. The van der Waals surface area contributed by atoms with Crippen molar-refractivity contribution in [3.8, 4) is 0 Å². The summed E-state index contributed by atoms with van der Waals surface area (Å²) in [5.74, 6) is 0.809. The molecule has 0 spiro atoms. The highest BCUT2D eigenvalue weighted by Gasteiger charge is 2.38. The topological polar surface area (TPSA) is 0 Å². The van der Waals surface area contributed by atoms with Gasteiger partial charge in [-0.05, 0) is 41.9 Å². The Morgan fingerprint density at radius 3 is 2.28 bits per heavy atom. The van der Waals surface area contributed by atoms with Crippen LogP contribution in [-0.4, -0.2) is 0 Å². The molecule has 1 atom stereocenters. The Balaban J connectivity index is 2.31. The fourth-order valence-electron chi connectivity index (χ4n) is 3.74. The molecule has 0 radical (unpaired) electrons. The lowest BCUT2D eigenvalue weighted by Crippen LogP contribution is -2.36. The van der Waals surface area contributed by atoms with Gasteiger partial charge in [0.25, 0.3) is 0 Å². The maximum Gasteiger partial charge on any atom is 0.0175 e. The predicted octanol–water partition coefficient (Wildman–Crippen LogP) is 6.09. The van der Waals surface area contributed by atoms with E-state index in [1.165, 1.54) is 49.4 Å². The predicted molar refractivity (Wildman–Crippen MR) is 83.0 cm³/mol. The van der Waals surface area contributed by atoms with E-state index in [0.29, 0.717) is 5.41 Å². The molecule has 1 saturated carbocycles. The summed E-state index contributed by atoms with van der Waals surface area (Å²) in [6.07, 6.45) is 9.67. The average Bonchev–Trinajstić information content (AvgIpc) is 2.40. The molecule has 100 valence electrons. The molecule has 0 bridgehead atoms. The van der Waals surface area contributed by atoms with Crippen LogP contribution in [0.15, 0.2) is 28.7 Å². The van der Waals surface area contributed by atoms with Gasteiger partial charge in [0.15, 0.2) is 0 Å². The second kappa shape index (κ2) is 6.23. The number of benzene rings is 1. The molecule has 1 aliphatic rings. The quantitative estimate of drug-likeness (QED) is 0.631. The lowest BCUT2D eigenvalue weighted by atomic mass is 9.61. The summed E-state index contributed by atoms with van der Waals surface area (Å²) in [5, 5.41) is 0. The highest BCUT2D eigenvalue weighted by molar-refractivity contribution is 9.10. The highest BCUT2D eigenvalue weighted by atomic mass is 79.9. The SMILES string of the molecule is CCCC(C)C1(c2ccc(Br)cc2)CCCCC1. The summed E-state index contributed by atoms with van der Waals surface area (Å²) in [6, 6.07) is 9.12. The van der Waals surface area contributed by atoms with Crippen LogP contribution < -0.4 is 0 Å². The van der Waals surface area contributed by atoms with Gasteiger partial charge in [0.05, 0.1) is 0 Å². The van der Waals surface area contributed by atoms with Crippen LogP contribution in [0.1, 0.15) is 64.4 Å². The molecule has 1 fully saturated rings. The van der Waals surface area contributed by atoms with Crippen molar-refractivity contribution in [2.45, 2.75) is 64.2 Å². The van der Waals surface area contributed by atoms with E-state index in [-0.39, 0.29) is 0 Å². The maximum atomic E-state index is 3.55. The number of halogens is 1. The van der Waals surface area contributed by atoms with Crippen LogP contribution >= 0.6 is 15.9 Å². The van der Waals surface area contributed by atoms with Crippen molar-refractivity contribution in [3.63, 3.8) is 0 Å². The molecule has 0 aromatic heterocycles. The summed E-state index contributed by atoms with van der Waals surface area (Å²) in [6.45, 7) is 4.78. The van der Waals surface area contributed by atoms with E-state index in [0.717, 1.165) is 5.92 Å². The molecule has 1 heteroatoms. The molecule has 0 saturated heterocycles. The normalized spacial score (nSPS) is 20.6. The van der Waals surface area contributed by atoms with Gasteiger partial charge in [0, 0.05) is 4.47 Å². The minimum Gasteiger partial charge on any atom is -0.0654 e. The van der Waals surface area contributed by atoms with Gasteiger partial charge in [0.1, 0.15) is 0 Å². The van der Waals surface area contributed by atoms with Crippen molar-refractivity contribution in [1.29, 1.82) is 0 Å². The molecule has 18 heavy (non-hydrogen) atoms. The highest BCUT2D eigenvalue weighted by Crippen LogP contribution is 2.46. The Hall–Kier alpha value is -0.300. The molecule has 0 amide bonds. The van der Waals surface area contributed by atoms with Crippen molar-refractivity contribution in [2.75, 3.05) is 0 Å². The third-order valence-corrected chi connectivity index (χ3v) is 5.36. The summed E-state index contributed by atoms with van der Waals surface area (Å²) < 4.78 is 1.19. The summed E-state index contributed by atoms with van der Waals surface area (Å²) in [4.78, 5) is 0. The Bertz CT molecular complexity index is 360. The van der Waals surface area contributed by atoms with Crippen molar-refractivity contribution in [2.24, 2.45) is 5.92 Å². The minimum absolute atomic E-state index is 0.453. The largest absolute Gasteiger partial charge is 0.0654 e. The first-order valence-electron chi connectivity index (χ1n) is 7.45. The summed E-state index contributed by atoms with van der Waals surface area (Å²) in [7, 11) is 0. The van der Waals surface area contributed by atoms with E-state index in [9.17, 15) is 0 Å². The Labute approximate surface area is 120 Å². The van der Waals surface area contributed by atoms with Gasteiger partial charge in [-0.3, -0.25) is 0 Å². The standard InChI is InChI=1S/C17H25Br/c1-3-7-14(2)17(12-5-4-6-13-17)15-8-10-16(18)11-9-15/h8-11,14H,3-7,12-13H2,1-2H3. The molecule has 2 rings (SSSR count). The van der Waals surface area contributed by atoms with Crippen molar-refractivity contribution >= 4 is 15.9 Å². The number of hydrogen-bond acceptors (Lipinski definition) is 0. The third kappa shape index (κ3) is 2.82. The van der Waals surface area contributed by atoms with Gasteiger partial charge in [-0.15, -0.1) is 0 Å². The summed E-state index contributed by atoms with van der Waals surface area (Å²) in [5.41, 5.74) is 2.03. The van der Waals surface area contributed by atoms with Crippen LogP contribution in [0.5, 0.6) is 0 Å². The van der Waals surface area contributed by atoms with Crippen molar-refractivity contribution < 1.29 is 0 Å². The van der Waals surface area contributed by atoms with Crippen molar-refractivity contribution in [3.05, 3.63) is 34.3 Å². The fraction of sp³-hybridized carbons (Fsp3) is 0.647. The van der Waals surface area contributed by atoms with Crippen LogP contribution in [-0.2, 0) is 5.41 Å². The van der Waals surface area contributed by atoms with E-state index in [1.807, 2.05) is 0 Å². The lowest BCUT2D eigenvalue weighted by molar-refractivity contribution is 0.192. The van der Waals surface area contributed by atoms with E-state index in [4.69, 9.17) is 0 Å². The van der Waals surface area contributed by atoms with Crippen LogP contribution in [0.4, 0.5) is 0 Å². The molecular formula is C17H25Br. The minimum atomic E-state index is 0.453. The van der Waals surface area contributed by atoms with Gasteiger partial charge in [-0.25, -0.2) is 0 Å².